The monoisotopic (exact) mass is 264 g/mol. The van der Waals surface area contributed by atoms with Gasteiger partial charge in [0.25, 0.3) is 0 Å². The second kappa shape index (κ2) is 5.43. The zero-order chi connectivity index (χ0) is 13.4. The Hall–Kier alpha value is -0.570. The van der Waals surface area contributed by atoms with Crippen molar-refractivity contribution in [1.82, 2.24) is 4.90 Å². The SMILES string of the molecule is CN(C(=O)CC1CC2CCC1C2)C1CCCC1CN. The van der Waals surface area contributed by atoms with E-state index in [-0.39, 0.29) is 0 Å². The Bertz CT molecular complexity index is 344. The molecule has 108 valence electrons. The van der Waals surface area contributed by atoms with Crippen LogP contribution in [-0.4, -0.2) is 30.4 Å². The molecule has 0 aromatic heterocycles. The van der Waals surface area contributed by atoms with Gasteiger partial charge in [0.05, 0.1) is 0 Å². The van der Waals surface area contributed by atoms with E-state index >= 15 is 0 Å². The minimum Gasteiger partial charge on any atom is -0.342 e. The van der Waals surface area contributed by atoms with Gasteiger partial charge >= 0.3 is 0 Å². The molecule has 1 amide bonds. The van der Waals surface area contributed by atoms with Crippen LogP contribution in [0.25, 0.3) is 0 Å². The van der Waals surface area contributed by atoms with Crippen LogP contribution in [0, 0.1) is 23.7 Å². The molecule has 0 aromatic carbocycles. The van der Waals surface area contributed by atoms with Gasteiger partial charge in [0.2, 0.25) is 5.91 Å². The first-order valence-corrected chi connectivity index (χ1v) is 8.14. The third-order valence-electron chi connectivity index (χ3n) is 6.13. The highest BCUT2D eigenvalue weighted by Crippen LogP contribution is 2.49. The minimum absolute atomic E-state index is 0.378. The van der Waals surface area contributed by atoms with Crippen molar-refractivity contribution in [2.45, 2.75) is 57.4 Å². The zero-order valence-corrected chi connectivity index (χ0v) is 12.2. The Morgan fingerprint density at radius 3 is 2.63 bits per heavy atom. The summed E-state index contributed by atoms with van der Waals surface area (Å²) < 4.78 is 0. The lowest BCUT2D eigenvalue weighted by Crippen LogP contribution is -2.42. The fourth-order valence-corrected chi connectivity index (χ4v) is 4.98. The summed E-state index contributed by atoms with van der Waals surface area (Å²) in [5.41, 5.74) is 5.84. The van der Waals surface area contributed by atoms with E-state index in [4.69, 9.17) is 5.73 Å². The molecule has 3 fully saturated rings. The summed E-state index contributed by atoms with van der Waals surface area (Å²) in [6.07, 6.45) is 9.90. The maximum atomic E-state index is 12.5. The number of hydrogen-bond donors (Lipinski definition) is 1. The molecule has 0 saturated heterocycles. The van der Waals surface area contributed by atoms with Crippen molar-refractivity contribution in [3.8, 4) is 0 Å². The van der Waals surface area contributed by atoms with Crippen LogP contribution in [0.4, 0.5) is 0 Å². The van der Waals surface area contributed by atoms with E-state index < -0.39 is 0 Å². The molecule has 3 aliphatic rings. The predicted octanol–water partition coefficient (Wildman–Crippen LogP) is 2.40. The van der Waals surface area contributed by atoms with E-state index in [9.17, 15) is 4.79 Å². The maximum absolute atomic E-state index is 12.5. The van der Waals surface area contributed by atoms with Crippen molar-refractivity contribution in [3.05, 3.63) is 0 Å². The quantitative estimate of drug-likeness (QED) is 0.847. The van der Waals surface area contributed by atoms with Gasteiger partial charge in [-0.15, -0.1) is 0 Å². The normalized spacial score (nSPS) is 40.8. The predicted molar refractivity (Wildman–Crippen MR) is 76.5 cm³/mol. The second-order valence-electron chi connectivity index (χ2n) is 7.14. The van der Waals surface area contributed by atoms with Gasteiger partial charge in [-0.1, -0.05) is 12.8 Å². The molecular formula is C16H28N2O. The first-order valence-electron chi connectivity index (χ1n) is 8.14. The molecule has 5 unspecified atom stereocenters. The van der Waals surface area contributed by atoms with Crippen LogP contribution < -0.4 is 5.73 Å². The lowest BCUT2D eigenvalue weighted by atomic mass is 9.86. The zero-order valence-electron chi connectivity index (χ0n) is 12.2. The van der Waals surface area contributed by atoms with Crippen molar-refractivity contribution in [2.75, 3.05) is 13.6 Å². The molecule has 0 spiro atoms. The number of fused-ring (bicyclic) bond motifs is 2. The molecule has 3 rings (SSSR count). The molecule has 0 heterocycles. The fraction of sp³-hybridized carbons (Fsp3) is 0.938. The summed E-state index contributed by atoms with van der Waals surface area (Å²) in [5.74, 6) is 3.40. The molecule has 0 aromatic rings. The summed E-state index contributed by atoms with van der Waals surface area (Å²) in [7, 11) is 2.01. The Morgan fingerprint density at radius 2 is 2.00 bits per heavy atom. The number of amides is 1. The lowest BCUT2D eigenvalue weighted by molar-refractivity contribution is -0.134. The van der Waals surface area contributed by atoms with Crippen LogP contribution >= 0.6 is 0 Å². The van der Waals surface area contributed by atoms with Crippen molar-refractivity contribution >= 4 is 5.91 Å². The average Bonchev–Trinajstić information content (AvgIpc) is 3.12. The van der Waals surface area contributed by atoms with E-state index in [0.717, 1.165) is 31.2 Å². The van der Waals surface area contributed by atoms with Crippen LogP contribution in [0.3, 0.4) is 0 Å². The van der Waals surface area contributed by atoms with Gasteiger partial charge in [-0.25, -0.2) is 0 Å². The molecule has 3 aliphatic carbocycles. The molecule has 0 aliphatic heterocycles. The standard InChI is InChI=1S/C16H28N2O/c1-18(15-4-2-3-13(15)10-17)16(19)9-14-8-11-5-6-12(14)7-11/h11-15H,2-10,17H2,1H3. The number of rotatable bonds is 4. The van der Waals surface area contributed by atoms with Crippen molar-refractivity contribution in [3.63, 3.8) is 0 Å². The Balaban J connectivity index is 1.55. The molecule has 5 atom stereocenters. The molecule has 0 radical (unpaired) electrons. The Labute approximate surface area is 116 Å². The molecule has 19 heavy (non-hydrogen) atoms. The number of carbonyl (C=O) groups is 1. The lowest BCUT2D eigenvalue weighted by Gasteiger charge is -2.31. The summed E-state index contributed by atoms with van der Waals surface area (Å²) in [5, 5.41) is 0. The second-order valence-corrected chi connectivity index (χ2v) is 7.14. The summed E-state index contributed by atoms with van der Waals surface area (Å²) >= 11 is 0. The smallest absolute Gasteiger partial charge is 0.222 e. The van der Waals surface area contributed by atoms with Gasteiger partial charge in [-0.2, -0.15) is 0 Å². The Morgan fingerprint density at radius 1 is 1.16 bits per heavy atom. The van der Waals surface area contributed by atoms with E-state index in [1.807, 2.05) is 11.9 Å². The van der Waals surface area contributed by atoms with Crippen molar-refractivity contribution in [1.29, 1.82) is 0 Å². The first-order chi connectivity index (χ1) is 9.19. The molecular weight excluding hydrogens is 236 g/mol. The highest BCUT2D eigenvalue weighted by Gasteiger charge is 2.41. The van der Waals surface area contributed by atoms with E-state index in [1.54, 1.807) is 0 Å². The molecule has 2 N–H and O–H groups in total. The summed E-state index contributed by atoms with van der Waals surface area (Å²) in [4.78, 5) is 14.5. The van der Waals surface area contributed by atoms with Gasteiger partial charge < -0.3 is 10.6 Å². The first kappa shape index (κ1) is 13.4. The molecule has 3 heteroatoms. The van der Waals surface area contributed by atoms with Crippen LogP contribution in [0.2, 0.25) is 0 Å². The minimum atomic E-state index is 0.378. The van der Waals surface area contributed by atoms with Crippen molar-refractivity contribution in [2.24, 2.45) is 29.4 Å². The average molecular weight is 264 g/mol. The van der Waals surface area contributed by atoms with Crippen LogP contribution in [0.5, 0.6) is 0 Å². The van der Waals surface area contributed by atoms with Gasteiger partial charge in [0, 0.05) is 19.5 Å². The highest BCUT2D eigenvalue weighted by molar-refractivity contribution is 5.76. The van der Waals surface area contributed by atoms with Gasteiger partial charge in [0.15, 0.2) is 0 Å². The van der Waals surface area contributed by atoms with E-state index in [1.165, 1.54) is 38.5 Å². The molecule has 3 saturated carbocycles. The summed E-state index contributed by atoms with van der Waals surface area (Å²) in [6.45, 7) is 0.733. The third kappa shape index (κ3) is 2.54. The van der Waals surface area contributed by atoms with Crippen molar-refractivity contribution < 1.29 is 4.79 Å². The Kier molecular flexibility index (Phi) is 3.84. The van der Waals surface area contributed by atoms with Crippen LogP contribution in [-0.2, 0) is 4.79 Å². The van der Waals surface area contributed by atoms with Crippen LogP contribution in [0.15, 0.2) is 0 Å². The van der Waals surface area contributed by atoms with Crippen LogP contribution in [0.1, 0.15) is 51.4 Å². The largest absolute Gasteiger partial charge is 0.342 e. The fourth-order valence-electron chi connectivity index (χ4n) is 4.98. The van der Waals surface area contributed by atoms with Gasteiger partial charge in [-0.3, -0.25) is 4.79 Å². The molecule has 3 nitrogen and oxygen atoms in total. The van der Waals surface area contributed by atoms with E-state index in [0.29, 0.717) is 23.8 Å². The number of hydrogen-bond acceptors (Lipinski definition) is 2. The van der Waals surface area contributed by atoms with Gasteiger partial charge in [-0.05, 0) is 62.3 Å². The molecule has 2 bridgehead atoms. The number of nitrogens with two attached hydrogens (primary N) is 1. The highest BCUT2D eigenvalue weighted by atomic mass is 16.2. The maximum Gasteiger partial charge on any atom is 0.222 e. The number of carbonyl (C=O) groups excluding carboxylic acids is 1. The van der Waals surface area contributed by atoms with Gasteiger partial charge in [0.1, 0.15) is 0 Å². The number of nitrogens with zero attached hydrogens (tertiary/aromatic N) is 1. The van der Waals surface area contributed by atoms with E-state index in [2.05, 4.69) is 0 Å². The third-order valence-corrected chi connectivity index (χ3v) is 6.13. The topological polar surface area (TPSA) is 46.3 Å². The summed E-state index contributed by atoms with van der Waals surface area (Å²) in [6, 6.07) is 0.413.